The fraction of sp³-hybridized carbons (Fsp3) is 0.333. The molecule has 0 unspecified atom stereocenters. The van der Waals surface area contributed by atoms with Crippen molar-refractivity contribution in [2.45, 2.75) is 20.4 Å². The molecule has 0 amide bonds. The van der Waals surface area contributed by atoms with Gasteiger partial charge in [0.2, 0.25) is 0 Å². The zero-order valence-corrected chi connectivity index (χ0v) is 13.1. The fourth-order valence-electron chi connectivity index (χ4n) is 2.03. The first-order valence-electron chi connectivity index (χ1n) is 6.62. The summed E-state index contributed by atoms with van der Waals surface area (Å²) >= 11 is 6.06. The Bertz CT molecular complexity index is 734. The number of hydrogen-bond donors (Lipinski definition) is 1. The topological polar surface area (TPSA) is 55.6 Å². The second-order valence-corrected chi connectivity index (χ2v) is 5.31. The Morgan fingerprint density at radius 2 is 2.14 bits per heavy atom. The highest BCUT2D eigenvalue weighted by atomic mass is 35.5. The van der Waals surface area contributed by atoms with E-state index in [0.29, 0.717) is 23.9 Å². The van der Waals surface area contributed by atoms with Crippen molar-refractivity contribution in [2.24, 2.45) is 5.10 Å². The number of nitrogens with one attached hydrogen (secondary N) is 1. The van der Waals surface area contributed by atoms with E-state index in [0.717, 1.165) is 16.6 Å². The van der Waals surface area contributed by atoms with Crippen molar-refractivity contribution >= 4 is 33.9 Å². The van der Waals surface area contributed by atoms with Crippen molar-refractivity contribution in [2.75, 3.05) is 19.1 Å². The van der Waals surface area contributed by atoms with Gasteiger partial charge in [-0.2, -0.15) is 5.10 Å². The van der Waals surface area contributed by atoms with E-state index in [2.05, 4.69) is 10.5 Å². The maximum Gasteiger partial charge on any atom is 0.253 e. The van der Waals surface area contributed by atoms with E-state index in [-0.39, 0.29) is 5.56 Å². The number of anilines is 1. The van der Waals surface area contributed by atoms with Crippen LogP contribution in [0.15, 0.2) is 34.2 Å². The van der Waals surface area contributed by atoms with Crippen LogP contribution in [0.2, 0.25) is 5.02 Å². The standard InChI is InChI=1S/C15H18ClN3O2/c1-10(2)17-18-13-9-15(20)19(6-7-21-3)14-8-11(16)4-5-12(13)14/h4-5,8-9,18H,6-7H2,1-3H3. The third-order valence-corrected chi connectivity index (χ3v) is 3.23. The molecule has 2 aromatic rings. The van der Waals surface area contributed by atoms with Gasteiger partial charge in [0.15, 0.2) is 0 Å². The third kappa shape index (κ3) is 3.62. The fourth-order valence-corrected chi connectivity index (χ4v) is 2.20. The van der Waals surface area contributed by atoms with E-state index >= 15 is 0 Å². The molecule has 0 bridgehead atoms. The van der Waals surface area contributed by atoms with Gasteiger partial charge in [-0.05, 0) is 32.0 Å². The average molecular weight is 308 g/mol. The number of hydrazone groups is 1. The summed E-state index contributed by atoms with van der Waals surface area (Å²) in [6, 6.07) is 6.99. The molecule has 21 heavy (non-hydrogen) atoms. The average Bonchev–Trinajstić information content (AvgIpc) is 2.43. The zero-order chi connectivity index (χ0) is 15.4. The number of methoxy groups -OCH3 is 1. The Hall–Kier alpha value is -1.85. The Morgan fingerprint density at radius 3 is 2.81 bits per heavy atom. The Labute approximate surface area is 128 Å². The smallest absolute Gasteiger partial charge is 0.253 e. The summed E-state index contributed by atoms with van der Waals surface area (Å²) in [4.78, 5) is 12.3. The number of halogens is 1. The minimum absolute atomic E-state index is 0.117. The van der Waals surface area contributed by atoms with Crippen LogP contribution in [0.4, 0.5) is 5.69 Å². The minimum Gasteiger partial charge on any atom is -0.383 e. The molecule has 1 N–H and O–H groups in total. The number of pyridine rings is 1. The Kier molecular flexibility index (Phi) is 4.98. The van der Waals surface area contributed by atoms with Crippen LogP contribution < -0.4 is 11.0 Å². The summed E-state index contributed by atoms with van der Waals surface area (Å²) in [5, 5.41) is 5.63. The monoisotopic (exact) mass is 307 g/mol. The molecule has 2 rings (SSSR count). The molecule has 1 heterocycles. The molecule has 0 aliphatic rings. The van der Waals surface area contributed by atoms with Gasteiger partial charge in [0, 0.05) is 35.8 Å². The molecule has 1 aromatic heterocycles. The van der Waals surface area contributed by atoms with E-state index in [9.17, 15) is 4.79 Å². The molecule has 0 radical (unpaired) electrons. The van der Waals surface area contributed by atoms with Gasteiger partial charge in [0.1, 0.15) is 0 Å². The second-order valence-electron chi connectivity index (χ2n) is 4.87. The number of fused-ring (bicyclic) bond motifs is 1. The molecule has 112 valence electrons. The van der Waals surface area contributed by atoms with Crippen LogP contribution >= 0.6 is 11.6 Å². The van der Waals surface area contributed by atoms with Crippen molar-refractivity contribution < 1.29 is 4.74 Å². The molecule has 0 aliphatic carbocycles. The number of aromatic nitrogens is 1. The molecule has 0 saturated heterocycles. The van der Waals surface area contributed by atoms with Crippen LogP contribution in [-0.2, 0) is 11.3 Å². The van der Waals surface area contributed by atoms with Crippen molar-refractivity contribution in [3.05, 3.63) is 39.6 Å². The quantitative estimate of drug-likeness (QED) is 0.682. The summed E-state index contributed by atoms with van der Waals surface area (Å²) < 4.78 is 6.71. The van der Waals surface area contributed by atoms with Gasteiger partial charge in [-0.15, -0.1) is 0 Å². The maximum atomic E-state index is 12.3. The highest BCUT2D eigenvalue weighted by Crippen LogP contribution is 2.24. The Balaban J connectivity index is 2.63. The van der Waals surface area contributed by atoms with Crippen molar-refractivity contribution in [1.29, 1.82) is 0 Å². The number of rotatable bonds is 5. The lowest BCUT2D eigenvalue weighted by Crippen LogP contribution is -2.22. The molecule has 0 atom stereocenters. The molecular weight excluding hydrogens is 290 g/mol. The molecule has 0 fully saturated rings. The molecule has 0 saturated carbocycles. The predicted molar refractivity (Wildman–Crippen MR) is 87.5 cm³/mol. The summed E-state index contributed by atoms with van der Waals surface area (Å²) in [6.45, 7) is 4.70. The lowest BCUT2D eigenvalue weighted by Gasteiger charge is -2.13. The second kappa shape index (κ2) is 6.74. The highest BCUT2D eigenvalue weighted by Gasteiger charge is 2.09. The van der Waals surface area contributed by atoms with Gasteiger partial charge in [0.25, 0.3) is 5.56 Å². The first kappa shape index (κ1) is 15.5. The summed E-state index contributed by atoms with van der Waals surface area (Å²) in [6.07, 6.45) is 0. The SMILES string of the molecule is COCCn1c(=O)cc(NN=C(C)C)c2ccc(Cl)cc21. The summed E-state index contributed by atoms with van der Waals surface area (Å²) in [7, 11) is 1.61. The molecule has 1 aromatic carbocycles. The first-order chi connectivity index (χ1) is 10.0. The van der Waals surface area contributed by atoms with E-state index < -0.39 is 0 Å². The van der Waals surface area contributed by atoms with Gasteiger partial charge in [-0.3, -0.25) is 10.2 Å². The Morgan fingerprint density at radius 1 is 1.38 bits per heavy atom. The van der Waals surface area contributed by atoms with Crippen LogP contribution in [0.25, 0.3) is 10.9 Å². The molecule has 0 aliphatic heterocycles. The van der Waals surface area contributed by atoms with Crippen LogP contribution in [0.1, 0.15) is 13.8 Å². The summed E-state index contributed by atoms with van der Waals surface area (Å²) in [5.74, 6) is 0. The summed E-state index contributed by atoms with van der Waals surface area (Å²) in [5.41, 5.74) is 5.12. The van der Waals surface area contributed by atoms with Gasteiger partial charge in [-0.1, -0.05) is 11.6 Å². The van der Waals surface area contributed by atoms with Crippen molar-refractivity contribution in [1.82, 2.24) is 4.57 Å². The van der Waals surface area contributed by atoms with Crippen molar-refractivity contribution in [3.8, 4) is 0 Å². The number of ether oxygens (including phenoxy) is 1. The molecular formula is C15H18ClN3O2. The lowest BCUT2D eigenvalue weighted by molar-refractivity contribution is 0.187. The van der Waals surface area contributed by atoms with Gasteiger partial charge < -0.3 is 9.30 Å². The minimum atomic E-state index is -0.117. The van der Waals surface area contributed by atoms with Crippen LogP contribution in [-0.4, -0.2) is 24.0 Å². The maximum absolute atomic E-state index is 12.3. The molecule has 0 spiro atoms. The number of hydrogen-bond acceptors (Lipinski definition) is 4. The number of benzene rings is 1. The van der Waals surface area contributed by atoms with E-state index in [1.54, 1.807) is 29.9 Å². The normalized spacial score (nSPS) is 10.7. The van der Waals surface area contributed by atoms with Crippen LogP contribution in [0, 0.1) is 0 Å². The first-order valence-corrected chi connectivity index (χ1v) is 6.99. The highest BCUT2D eigenvalue weighted by molar-refractivity contribution is 6.31. The van der Waals surface area contributed by atoms with Crippen LogP contribution in [0.3, 0.4) is 0 Å². The van der Waals surface area contributed by atoms with E-state index in [1.165, 1.54) is 0 Å². The van der Waals surface area contributed by atoms with E-state index in [1.807, 2.05) is 19.9 Å². The third-order valence-electron chi connectivity index (χ3n) is 2.99. The van der Waals surface area contributed by atoms with Crippen molar-refractivity contribution in [3.63, 3.8) is 0 Å². The van der Waals surface area contributed by atoms with Crippen LogP contribution in [0.5, 0.6) is 0 Å². The van der Waals surface area contributed by atoms with Gasteiger partial charge in [0.05, 0.1) is 17.8 Å². The predicted octanol–water partition coefficient (Wildman–Crippen LogP) is 3.11. The lowest BCUT2D eigenvalue weighted by atomic mass is 10.2. The van der Waals surface area contributed by atoms with Gasteiger partial charge in [-0.25, -0.2) is 0 Å². The van der Waals surface area contributed by atoms with Gasteiger partial charge >= 0.3 is 0 Å². The molecule has 6 heteroatoms. The zero-order valence-electron chi connectivity index (χ0n) is 12.3. The molecule has 5 nitrogen and oxygen atoms in total. The van der Waals surface area contributed by atoms with E-state index in [4.69, 9.17) is 16.3 Å². The number of nitrogens with zero attached hydrogens (tertiary/aromatic N) is 2. The largest absolute Gasteiger partial charge is 0.383 e.